The van der Waals surface area contributed by atoms with Crippen LogP contribution >= 0.6 is 0 Å². The minimum Gasteiger partial charge on any atom is -0.494 e. The van der Waals surface area contributed by atoms with E-state index in [2.05, 4.69) is 4.74 Å². The second-order valence-corrected chi connectivity index (χ2v) is 6.18. The van der Waals surface area contributed by atoms with Crippen molar-refractivity contribution >= 4 is 23.3 Å². The summed E-state index contributed by atoms with van der Waals surface area (Å²) in [6.07, 6.45) is 1.05. The first-order valence-corrected chi connectivity index (χ1v) is 9.19. The highest BCUT2D eigenvalue weighted by atomic mass is 16.6. The van der Waals surface area contributed by atoms with Gasteiger partial charge in [0.1, 0.15) is 12.3 Å². The second-order valence-electron chi connectivity index (χ2n) is 6.18. The number of benzene rings is 1. The monoisotopic (exact) mass is 428 g/mol. The lowest BCUT2D eigenvalue weighted by molar-refractivity contribution is -0.386. The molecule has 11 heteroatoms. The Hall–Kier alpha value is -4.20. The van der Waals surface area contributed by atoms with Gasteiger partial charge in [-0.05, 0) is 31.2 Å². The molecule has 0 saturated heterocycles. The highest BCUT2D eigenvalue weighted by molar-refractivity contribution is 5.94. The van der Waals surface area contributed by atoms with Gasteiger partial charge in [-0.1, -0.05) is 0 Å². The predicted octanol–water partition coefficient (Wildman–Crippen LogP) is 1.89. The summed E-state index contributed by atoms with van der Waals surface area (Å²) in [7, 11) is 1.09. The summed E-state index contributed by atoms with van der Waals surface area (Å²) in [6, 6.07) is 9.30. The molecular formula is C20H20N4O7. The minimum absolute atomic E-state index is 0.0240. The summed E-state index contributed by atoms with van der Waals surface area (Å²) >= 11 is 0. The van der Waals surface area contributed by atoms with Crippen LogP contribution in [0.5, 0.6) is 5.75 Å². The third-order valence-corrected chi connectivity index (χ3v) is 4.20. The molecule has 1 heterocycles. The number of aromatic nitrogens is 1. The first kappa shape index (κ1) is 23.1. The summed E-state index contributed by atoms with van der Waals surface area (Å²) in [5.41, 5.74) is -1.69. The number of methoxy groups -OCH3 is 1. The number of nitro groups is 1. The van der Waals surface area contributed by atoms with E-state index in [1.807, 2.05) is 13.0 Å². The van der Waals surface area contributed by atoms with E-state index in [1.54, 1.807) is 24.3 Å². The van der Waals surface area contributed by atoms with E-state index in [9.17, 15) is 24.5 Å². The van der Waals surface area contributed by atoms with E-state index in [0.717, 1.165) is 23.9 Å². The quantitative estimate of drug-likeness (QED) is 0.334. The number of anilines is 1. The number of esters is 1. The molecule has 1 amide bonds. The SMILES string of the molecule is CCOc1ccc(N(CCC#N)C(=O)Cn2cc(C(=O)OC)cc([N+](=O)[O-])c2=O)cc1. The maximum Gasteiger partial charge on any atom is 0.339 e. The van der Waals surface area contributed by atoms with Crippen LogP contribution < -0.4 is 15.2 Å². The Labute approximate surface area is 177 Å². The zero-order valence-corrected chi connectivity index (χ0v) is 16.9. The van der Waals surface area contributed by atoms with Gasteiger partial charge in [-0.2, -0.15) is 5.26 Å². The number of hydrogen-bond acceptors (Lipinski definition) is 8. The van der Waals surface area contributed by atoms with E-state index in [1.165, 1.54) is 4.90 Å². The fourth-order valence-electron chi connectivity index (χ4n) is 2.78. The number of amides is 1. The first-order valence-electron chi connectivity index (χ1n) is 9.19. The van der Waals surface area contributed by atoms with E-state index in [4.69, 9.17) is 10.00 Å². The molecule has 0 unspecified atom stereocenters. The van der Waals surface area contributed by atoms with Gasteiger partial charge in [-0.3, -0.25) is 24.3 Å². The maximum atomic E-state index is 13.0. The Morgan fingerprint density at radius 2 is 1.97 bits per heavy atom. The molecule has 0 aliphatic rings. The molecule has 2 aromatic rings. The highest BCUT2D eigenvalue weighted by Crippen LogP contribution is 2.20. The lowest BCUT2D eigenvalue weighted by Crippen LogP contribution is -2.37. The normalized spacial score (nSPS) is 10.1. The summed E-state index contributed by atoms with van der Waals surface area (Å²) < 4.78 is 10.7. The minimum atomic E-state index is -1.04. The van der Waals surface area contributed by atoms with Crippen LogP contribution in [-0.2, 0) is 16.1 Å². The van der Waals surface area contributed by atoms with E-state index < -0.39 is 34.6 Å². The van der Waals surface area contributed by atoms with Crippen LogP contribution in [0.3, 0.4) is 0 Å². The Balaban J connectivity index is 2.41. The Bertz CT molecular complexity index is 1070. The van der Waals surface area contributed by atoms with Crippen molar-refractivity contribution < 1.29 is 24.0 Å². The maximum absolute atomic E-state index is 13.0. The summed E-state index contributed by atoms with van der Waals surface area (Å²) in [6.45, 7) is 1.75. The van der Waals surface area contributed by atoms with Gasteiger partial charge in [0.05, 0.1) is 36.7 Å². The Morgan fingerprint density at radius 3 is 2.52 bits per heavy atom. The summed E-state index contributed by atoms with van der Waals surface area (Å²) in [4.78, 5) is 48.7. The number of pyridine rings is 1. The fourth-order valence-corrected chi connectivity index (χ4v) is 2.78. The standard InChI is InChI=1S/C20H20N4O7/c1-3-31-16-7-5-15(6-8-16)23(10-4-9-21)18(25)13-22-12-14(20(27)30-2)11-17(19(22)26)24(28)29/h5-8,11-12H,3-4,10,13H2,1-2H3. The molecule has 0 fully saturated rings. The van der Waals surface area contributed by atoms with Gasteiger partial charge in [-0.15, -0.1) is 0 Å². The van der Waals surface area contributed by atoms with Crippen molar-refractivity contribution in [3.63, 3.8) is 0 Å². The molecule has 1 aromatic carbocycles. The lowest BCUT2D eigenvalue weighted by atomic mass is 10.2. The van der Waals surface area contributed by atoms with Crippen molar-refractivity contribution in [1.82, 2.24) is 4.57 Å². The Morgan fingerprint density at radius 1 is 1.29 bits per heavy atom. The van der Waals surface area contributed by atoms with Crippen molar-refractivity contribution in [2.24, 2.45) is 0 Å². The van der Waals surface area contributed by atoms with Crippen molar-refractivity contribution in [3.05, 3.63) is 62.6 Å². The van der Waals surface area contributed by atoms with Gasteiger partial charge in [0.25, 0.3) is 0 Å². The molecule has 0 saturated carbocycles. The number of rotatable bonds is 9. The van der Waals surface area contributed by atoms with E-state index in [-0.39, 0.29) is 18.5 Å². The van der Waals surface area contributed by atoms with Crippen LogP contribution in [0.4, 0.5) is 11.4 Å². The number of carbonyl (C=O) groups is 2. The largest absolute Gasteiger partial charge is 0.494 e. The van der Waals surface area contributed by atoms with E-state index >= 15 is 0 Å². The van der Waals surface area contributed by atoms with E-state index in [0.29, 0.717) is 18.0 Å². The molecule has 0 atom stereocenters. The van der Waals surface area contributed by atoms with Gasteiger partial charge in [-0.25, -0.2) is 4.79 Å². The van der Waals surface area contributed by atoms with Gasteiger partial charge in [0.2, 0.25) is 5.91 Å². The van der Waals surface area contributed by atoms with Gasteiger partial charge in [0, 0.05) is 24.5 Å². The number of carbonyl (C=O) groups excluding carboxylic acids is 2. The van der Waals surface area contributed by atoms with Crippen LogP contribution in [0.15, 0.2) is 41.3 Å². The molecule has 2 rings (SSSR count). The third-order valence-electron chi connectivity index (χ3n) is 4.20. The number of nitrogens with zero attached hydrogens (tertiary/aromatic N) is 4. The van der Waals surface area contributed by atoms with Crippen molar-refractivity contribution in [2.45, 2.75) is 19.9 Å². The van der Waals surface area contributed by atoms with Crippen molar-refractivity contribution in [1.29, 1.82) is 5.26 Å². The Kier molecular flexibility index (Phi) is 7.85. The highest BCUT2D eigenvalue weighted by Gasteiger charge is 2.23. The molecule has 0 aliphatic carbocycles. The van der Waals surface area contributed by atoms with Crippen molar-refractivity contribution in [2.75, 3.05) is 25.2 Å². The summed E-state index contributed by atoms with van der Waals surface area (Å²) in [5, 5.41) is 20.1. The molecule has 0 bridgehead atoms. The zero-order valence-electron chi connectivity index (χ0n) is 16.9. The molecule has 0 N–H and O–H groups in total. The summed E-state index contributed by atoms with van der Waals surface area (Å²) in [5.74, 6) is -0.897. The first-order chi connectivity index (χ1) is 14.8. The van der Waals surface area contributed by atoms with Crippen LogP contribution in [0, 0.1) is 21.4 Å². The molecule has 0 spiro atoms. The zero-order chi connectivity index (χ0) is 23.0. The number of ether oxygens (including phenoxy) is 2. The van der Waals surface area contributed by atoms with Crippen molar-refractivity contribution in [3.8, 4) is 11.8 Å². The average Bonchev–Trinajstić information content (AvgIpc) is 2.75. The molecule has 1 aromatic heterocycles. The lowest BCUT2D eigenvalue weighted by Gasteiger charge is -2.22. The van der Waals surface area contributed by atoms with Crippen LogP contribution in [-0.4, -0.2) is 41.6 Å². The molecular weight excluding hydrogens is 408 g/mol. The molecule has 31 heavy (non-hydrogen) atoms. The van der Waals surface area contributed by atoms with Crippen LogP contribution in [0.2, 0.25) is 0 Å². The average molecular weight is 428 g/mol. The van der Waals surface area contributed by atoms with Gasteiger partial charge >= 0.3 is 17.2 Å². The molecule has 11 nitrogen and oxygen atoms in total. The smallest absolute Gasteiger partial charge is 0.339 e. The molecule has 0 radical (unpaired) electrons. The van der Waals surface area contributed by atoms with Gasteiger partial charge < -0.3 is 14.4 Å². The second kappa shape index (κ2) is 10.5. The number of hydrogen-bond donors (Lipinski definition) is 0. The fraction of sp³-hybridized carbons (Fsp3) is 0.300. The third kappa shape index (κ3) is 5.66. The molecule has 0 aliphatic heterocycles. The number of nitriles is 1. The molecule has 162 valence electrons. The van der Waals surface area contributed by atoms with Gasteiger partial charge in [0.15, 0.2) is 0 Å². The van der Waals surface area contributed by atoms with Crippen LogP contribution in [0.1, 0.15) is 23.7 Å². The predicted molar refractivity (Wildman–Crippen MR) is 109 cm³/mol. The topological polar surface area (TPSA) is 145 Å². The van der Waals surface area contributed by atoms with Crippen LogP contribution in [0.25, 0.3) is 0 Å².